The minimum atomic E-state index is 0.600. The van der Waals surface area contributed by atoms with E-state index in [1.54, 1.807) is 7.11 Å². The van der Waals surface area contributed by atoms with Gasteiger partial charge in [-0.25, -0.2) is 9.97 Å². The number of aromatic amines is 2. The number of aryl methyl sites for hydroxylation is 1. The van der Waals surface area contributed by atoms with E-state index in [0.717, 1.165) is 102 Å². The molecule has 248 valence electrons. The van der Waals surface area contributed by atoms with Crippen LogP contribution in [0, 0.1) is 6.92 Å². The normalized spacial score (nSPS) is 13.8. The Labute approximate surface area is 280 Å². The van der Waals surface area contributed by atoms with Gasteiger partial charge in [0.05, 0.1) is 42.4 Å². The summed E-state index contributed by atoms with van der Waals surface area (Å²) >= 11 is 0. The highest BCUT2D eigenvalue weighted by molar-refractivity contribution is 5.87. The fourth-order valence-corrected chi connectivity index (χ4v) is 6.10. The van der Waals surface area contributed by atoms with Crippen molar-refractivity contribution in [1.29, 1.82) is 0 Å². The van der Waals surface area contributed by atoms with Gasteiger partial charge in [-0.05, 0) is 106 Å². The minimum Gasteiger partial charge on any atom is -0.494 e. The topological polar surface area (TPSA) is 118 Å². The molecular formula is C38H43N7O3. The first-order chi connectivity index (χ1) is 23.4. The SMILES string of the molecule is COc1cc(C)c(N)cc1OCCCCCOc1ccc(-c2nc3ccc(-c4nc5ccc(N6CCN(C)CC6)cc5[nH]4)cc3[nH]2)cc1. The maximum atomic E-state index is 6.03. The number of nitrogens with two attached hydrogens (primary N) is 1. The van der Waals surface area contributed by atoms with Gasteiger partial charge in [0.2, 0.25) is 0 Å². The van der Waals surface area contributed by atoms with E-state index in [0.29, 0.717) is 30.4 Å². The fourth-order valence-electron chi connectivity index (χ4n) is 6.10. The van der Waals surface area contributed by atoms with E-state index in [4.69, 9.17) is 29.9 Å². The summed E-state index contributed by atoms with van der Waals surface area (Å²) in [5.41, 5.74) is 14.9. The highest BCUT2D eigenvalue weighted by Crippen LogP contribution is 2.32. The number of nitrogens with zero attached hydrogens (tertiary/aromatic N) is 4. The van der Waals surface area contributed by atoms with Crippen molar-refractivity contribution >= 4 is 33.4 Å². The number of imidazole rings is 2. The van der Waals surface area contributed by atoms with Crippen molar-refractivity contribution in [1.82, 2.24) is 24.8 Å². The van der Waals surface area contributed by atoms with Crippen LogP contribution in [-0.4, -0.2) is 78.4 Å². The van der Waals surface area contributed by atoms with E-state index in [1.807, 2.05) is 49.4 Å². The highest BCUT2D eigenvalue weighted by Gasteiger charge is 2.16. The van der Waals surface area contributed by atoms with Gasteiger partial charge in [0, 0.05) is 54.7 Å². The van der Waals surface area contributed by atoms with E-state index < -0.39 is 0 Å². The number of H-pyrrole nitrogens is 2. The molecule has 0 amide bonds. The number of anilines is 2. The number of hydrogen-bond donors (Lipinski definition) is 3. The lowest BCUT2D eigenvalue weighted by atomic mass is 10.2. The van der Waals surface area contributed by atoms with Crippen LogP contribution in [0.1, 0.15) is 24.8 Å². The van der Waals surface area contributed by atoms with Gasteiger partial charge in [0.25, 0.3) is 0 Å². The number of benzene rings is 4. The summed E-state index contributed by atoms with van der Waals surface area (Å²) in [6.07, 6.45) is 2.85. The first-order valence-electron chi connectivity index (χ1n) is 16.7. The first-order valence-corrected chi connectivity index (χ1v) is 16.7. The number of hydrogen-bond acceptors (Lipinski definition) is 8. The predicted octanol–water partition coefficient (Wildman–Crippen LogP) is 7.05. The molecule has 1 fully saturated rings. The van der Waals surface area contributed by atoms with Gasteiger partial charge in [0.1, 0.15) is 17.4 Å². The zero-order valence-electron chi connectivity index (χ0n) is 27.9. The molecule has 6 aromatic rings. The number of unbranched alkanes of at least 4 members (excludes halogenated alkanes) is 2. The van der Waals surface area contributed by atoms with Gasteiger partial charge in [0.15, 0.2) is 11.5 Å². The molecule has 3 heterocycles. The molecule has 48 heavy (non-hydrogen) atoms. The zero-order chi connectivity index (χ0) is 33.0. The number of nitrogens with one attached hydrogen (secondary N) is 2. The molecule has 10 heteroatoms. The lowest BCUT2D eigenvalue weighted by Gasteiger charge is -2.34. The van der Waals surface area contributed by atoms with Crippen molar-refractivity contribution in [3.05, 3.63) is 78.4 Å². The Balaban J connectivity index is 0.921. The average Bonchev–Trinajstić information content (AvgIpc) is 3.74. The number of ether oxygens (including phenoxy) is 3. The Morgan fingerprint density at radius 3 is 2.08 bits per heavy atom. The van der Waals surface area contributed by atoms with Crippen molar-refractivity contribution in [2.45, 2.75) is 26.2 Å². The largest absolute Gasteiger partial charge is 0.494 e. The van der Waals surface area contributed by atoms with Gasteiger partial charge in [-0.2, -0.15) is 0 Å². The maximum absolute atomic E-state index is 6.03. The minimum absolute atomic E-state index is 0.600. The molecule has 1 aliphatic rings. The Morgan fingerprint density at radius 2 is 1.35 bits per heavy atom. The monoisotopic (exact) mass is 645 g/mol. The van der Waals surface area contributed by atoms with E-state index in [2.05, 4.69) is 57.1 Å². The Bertz CT molecular complexity index is 2010. The number of aromatic nitrogens is 4. The van der Waals surface area contributed by atoms with Crippen molar-refractivity contribution in [2.24, 2.45) is 0 Å². The molecule has 1 aliphatic heterocycles. The smallest absolute Gasteiger partial charge is 0.163 e. The molecule has 4 N–H and O–H groups in total. The van der Waals surface area contributed by atoms with Crippen LogP contribution >= 0.6 is 0 Å². The van der Waals surface area contributed by atoms with Gasteiger partial charge in [-0.1, -0.05) is 0 Å². The van der Waals surface area contributed by atoms with E-state index in [1.165, 1.54) is 5.69 Å². The van der Waals surface area contributed by atoms with Crippen LogP contribution in [0.5, 0.6) is 17.2 Å². The molecule has 0 saturated carbocycles. The van der Waals surface area contributed by atoms with Crippen LogP contribution in [0.2, 0.25) is 0 Å². The van der Waals surface area contributed by atoms with Gasteiger partial charge < -0.3 is 39.7 Å². The molecule has 1 saturated heterocycles. The number of rotatable bonds is 12. The summed E-state index contributed by atoms with van der Waals surface area (Å²) in [5, 5.41) is 0. The second kappa shape index (κ2) is 13.9. The number of piperazine rings is 1. The first kappa shape index (κ1) is 31.4. The molecule has 0 aliphatic carbocycles. The summed E-state index contributed by atoms with van der Waals surface area (Å²) in [6, 6.07) is 24.5. The van der Waals surface area contributed by atoms with Crippen molar-refractivity contribution in [3.63, 3.8) is 0 Å². The Kier molecular flexibility index (Phi) is 9.07. The van der Waals surface area contributed by atoms with Crippen molar-refractivity contribution in [2.75, 3.05) is 64.2 Å². The summed E-state index contributed by atoms with van der Waals surface area (Å²) < 4.78 is 17.3. The molecule has 0 spiro atoms. The number of nitrogen functional groups attached to an aromatic ring is 1. The van der Waals surface area contributed by atoms with Crippen LogP contribution in [0.15, 0.2) is 72.8 Å². The number of fused-ring (bicyclic) bond motifs is 2. The Hall–Kier alpha value is -5.22. The van der Waals surface area contributed by atoms with Gasteiger partial charge in [-0.3, -0.25) is 0 Å². The third-order valence-corrected chi connectivity index (χ3v) is 9.08. The molecule has 0 atom stereocenters. The van der Waals surface area contributed by atoms with Gasteiger partial charge >= 0.3 is 0 Å². The molecule has 2 aromatic heterocycles. The standard InChI is InChI=1S/C38H43N7O3/c1-25-21-35(46-3)36(24-30(25)39)48-20-6-4-5-19-47-29-11-7-26(8-12-29)37-40-31-13-9-27(22-33(31)42-37)38-41-32-14-10-28(23-34(32)43-38)45-17-15-44(2)16-18-45/h7-14,21-24H,4-6,15-20,39H2,1-3H3,(H,40,42)(H,41,43). The van der Waals surface area contributed by atoms with Crippen LogP contribution in [0.4, 0.5) is 11.4 Å². The quantitative estimate of drug-likeness (QED) is 0.0958. The summed E-state index contributed by atoms with van der Waals surface area (Å²) in [5.74, 6) is 3.90. The zero-order valence-corrected chi connectivity index (χ0v) is 27.9. The van der Waals surface area contributed by atoms with E-state index in [-0.39, 0.29) is 0 Å². The maximum Gasteiger partial charge on any atom is 0.163 e. The van der Waals surface area contributed by atoms with Crippen LogP contribution in [-0.2, 0) is 0 Å². The van der Waals surface area contributed by atoms with E-state index in [9.17, 15) is 0 Å². The summed E-state index contributed by atoms with van der Waals surface area (Å²) in [6.45, 7) is 7.44. The summed E-state index contributed by atoms with van der Waals surface area (Å²) in [7, 11) is 3.82. The van der Waals surface area contributed by atoms with Crippen LogP contribution < -0.4 is 24.8 Å². The third kappa shape index (κ3) is 6.89. The van der Waals surface area contributed by atoms with Crippen molar-refractivity contribution in [3.8, 4) is 40.0 Å². The molecule has 0 unspecified atom stereocenters. The van der Waals surface area contributed by atoms with E-state index >= 15 is 0 Å². The van der Waals surface area contributed by atoms with Crippen LogP contribution in [0.3, 0.4) is 0 Å². The Morgan fingerprint density at radius 1 is 0.708 bits per heavy atom. The molecule has 7 rings (SSSR count). The average molecular weight is 646 g/mol. The lowest BCUT2D eigenvalue weighted by Crippen LogP contribution is -2.44. The number of methoxy groups -OCH3 is 1. The fraction of sp³-hybridized carbons (Fsp3) is 0.316. The van der Waals surface area contributed by atoms with Crippen LogP contribution in [0.25, 0.3) is 44.8 Å². The number of likely N-dealkylation sites (N-methyl/N-ethyl adjacent to an activating group) is 1. The molecule has 4 aromatic carbocycles. The summed E-state index contributed by atoms with van der Waals surface area (Å²) in [4.78, 5) is 21.6. The predicted molar refractivity (Wildman–Crippen MR) is 193 cm³/mol. The lowest BCUT2D eigenvalue weighted by molar-refractivity contribution is 0.270. The molecule has 0 radical (unpaired) electrons. The molecule has 10 nitrogen and oxygen atoms in total. The second-order valence-electron chi connectivity index (χ2n) is 12.5. The molecule has 0 bridgehead atoms. The third-order valence-electron chi connectivity index (χ3n) is 9.08. The molecular weight excluding hydrogens is 602 g/mol. The second-order valence-corrected chi connectivity index (χ2v) is 12.5. The van der Waals surface area contributed by atoms with Gasteiger partial charge in [-0.15, -0.1) is 0 Å². The highest BCUT2D eigenvalue weighted by atomic mass is 16.5. The van der Waals surface area contributed by atoms with Crippen molar-refractivity contribution < 1.29 is 14.2 Å².